The molecule has 0 bridgehead atoms. The molecule has 1 atom stereocenters. The van der Waals surface area contributed by atoms with E-state index in [1.165, 1.54) is 28.1 Å². The van der Waals surface area contributed by atoms with Crippen molar-refractivity contribution in [2.45, 2.75) is 45.2 Å². The summed E-state index contributed by atoms with van der Waals surface area (Å²) in [6.07, 6.45) is 7.95. The van der Waals surface area contributed by atoms with Crippen LogP contribution in [0.25, 0.3) is 11.1 Å². The molecule has 8 nitrogen and oxygen atoms in total. The topological polar surface area (TPSA) is 68.4 Å². The van der Waals surface area contributed by atoms with Crippen molar-refractivity contribution in [2.24, 2.45) is 7.05 Å². The van der Waals surface area contributed by atoms with E-state index in [4.69, 9.17) is 9.84 Å². The van der Waals surface area contributed by atoms with Crippen LogP contribution in [0, 0.1) is 0 Å². The number of aryl methyl sites for hydroxylation is 2. The molecule has 172 valence electrons. The fourth-order valence-electron chi connectivity index (χ4n) is 5.50. The first-order chi connectivity index (χ1) is 16.1. The van der Waals surface area contributed by atoms with Gasteiger partial charge in [-0.1, -0.05) is 6.07 Å². The van der Waals surface area contributed by atoms with Crippen LogP contribution in [0.5, 0.6) is 0 Å². The van der Waals surface area contributed by atoms with E-state index < -0.39 is 0 Å². The van der Waals surface area contributed by atoms with Crippen molar-refractivity contribution in [1.29, 1.82) is 0 Å². The van der Waals surface area contributed by atoms with E-state index in [1.54, 1.807) is 6.92 Å². The number of ether oxygens (including phenoxy) is 1. The number of amides is 1. The van der Waals surface area contributed by atoms with Crippen LogP contribution in [-0.2, 0) is 36.0 Å². The molecule has 1 aromatic carbocycles. The molecule has 3 aromatic rings. The van der Waals surface area contributed by atoms with E-state index in [0.29, 0.717) is 6.54 Å². The molecule has 0 N–H and O–H groups in total. The average Bonchev–Trinajstić information content (AvgIpc) is 3.57. The minimum absolute atomic E-state index is 0.128. The van der Waals surface area contributed by atoms with Crippen LogP contribution in [-0.4, -0.2) is 56.7 Å². The number of carbonyl (C=O) groups excluding carboxylic acids is 1. The lowest BCUT2D eigenvalue weighted by atomic mass is 9.96. The van der Waals surface area contributed by atoms with Gasteiger partial charge in [-0.3, -0.25) is 14.2 Å². The second-order valence-corrected chi connectivity index (χ2v) is 9.40. The lowest BCUT2D eigenvalue weighted by molar-refractivity contribution is -0.129. The quantitative estimate of drug-likeness (QED) is 0.618. The van der Waals surface area contributed by atoms with E-state index in [2.05, 4.69) is 39.1 Å². The Kier molecular flexibility index (Phi) is 4.98. The van der Waals surface area contributed by atoms with Gasteiger partial charge in [-0.15, -0.1) is 0 Å². The zero-order valence-corrected chi connectivity index (χ0v) is 19.3. The van der Waals surface area contributed by atoms with Crippen LogP contribution in [0.4, 0.5) is 11.5 Å². The lowest BCUT2D eigenvalue weighted by Crippen LogP contribution is -2.35. The molecule has 5 heterocycles. The van der Waals surface area contributed by atoms with Crippen LogP contribution in [0.3, 0.4) is 0 Å². The second kappa shape index (κ2) is 8.02. The summed E-state index contributed by atoms with van der Waals surface area (Å²) < 4.78 is 9.74. The molecule has 3 aliphatic heterocycles. The molecule has 33 heavy (non-hydrogen) atoms. The Morgan fingerprint density at radius 2 is 2.09 bits per heavy atom. The highest BCUT2D eigenvalue weighted by Gasteiger charge is 2.33. The maximum Gasteiger partial charge on any atom is 0.219 e. The second-order valence-electron chi connectivity index (χ2n) is 9.40. The molecule has 1 amide bonds. The summed E-state index contributed by atoms with van der Waals surface area (Å²) in [5.41, 5.74) is 7.38. The molecule has 0 spiro atoms. The zero-order valence-electron chi connectivity index (χ0n) is 19.3. The Morgan fingerprint density at radius 1 is 1.18 bits per heavy atom. The van der Waals surface area contributed by atoms with Crippen molar-refractivity contribution in [3.8, 4) is 11.1 Å². The molecule has 1 unspecified atom stereocenters. The third kappa shape index (κ3) is 3.53. The van der Waals surface area contributed by atoms with Crippen molar-refractivity contribution in [3.05, 3.63) is 47.4 Å². The number of rotatable bonds is 3. The average molecular weight is 447 g/mol. The maximum atomic E-state index is 12.2. The molecule has 2 aromatic heterocycles. The first-order valence-corrected chi connectivity index (χ1v) is 11.9. The van der Waals surface area contributed by atoms with Gasteiger partial charge >= 0.3 is 0 Å². The molecule has 0 saturated carbocycles. The molecule has 0 aliphatic carbocycles. The number of fused-ring (bicyclic) bond motifs is 2. The summed E-state index contributed by atoms with van der Waals surface area (Å²) >= 11 is 0. The van der Waals surface area contributed by atoms with E-state index in [1.807, 2.05) is 22.8 Å². The molecular weight excluding hydrogens is 416 g/mol. The number of carbonyl (C=O) groups is 1. The van der Waals surface area contributed by atoms with Crippen molar-refractivity contribution in [3.63, 3.8) is 0 Å². The summed E-state index contributed by atoms with van der Waals surface area (Å²) in [5, 5.41) is 9.51. The molecule has 8 heteroatoms. The minimum Gasteiger partial charge on any atom is -0.379 e. The molecule has 1 fully saturated rings. The zero-order chi connectivity index (χ0) is 22.5. The predicted molar refractivity (Wildman–Crippen MR) is 125 cm³/mol. The molecular formula is C25H30N6O2. The van der Waals surface area contributed by atoms with Gasteiger partial charge in [0.15, 0.2) is 5.82 Å². The molecule has 6 rings (SSSR count). The molecule has 3 aliphatic rings. The first kappa shape index (κ1) is 20.5. The molecule has 0 radical (unpaired) electrons. The van der Waals surface area contributed by atoms with Gasteiger partial charge in [0.25, 0.3) is 0 Å². The Labute approximate surface area is 193 Å². The molecule has 1 saturated heterocycles. The third-order valence-electron chi connectivity index (χ3n) is 7.25. The van der Waals surface area contributed by atoms with Gasteiger partial charge in [0.1, 0.15) is 0 Å². The van der Waals surface area contributed by atoms with Crippen LogP contribution >= 0.6 is 0 Å². The maximum absolute atomic E-state index is 12.2. The minimum atomic E-state index is 0.128. The van der Waals surface area contributed by atoms with E-state index >= 15 is 0 Å². The number of hydrogen-bond acceptors (Lipinski definition) is 5. The fraction of sp³-hybridized carbons (Fsp3) is 0.480. The van der Waals surface area contributed by atoms with Crippen LogP contribution in [0.1, 0.15) is 42.6 Å². The lowest BCUT2D eigenvalue weighted by Gasteiger charge is -2.32. The van der Waals surface area contributed by atoms with Crippen LogP contribution in [0.2, 0.25) is 0 Å². The number of aromatic nitrogens is 4. The van der Waals surface area contributed by atoms with Crippen molar-refractivity contribution >= 4 is 17.4 Å². The van der Waals surface area contributed by atoms with Gasteiger partial charge in [-0.05, 0) is 42.5 Å². The number of nitrogens with zero attached hydrogens (tertiary/aromatic N) is 6. The smallest absolute Gasteiger partial charge is 0.219 e. The normalized spacial score (nSPS) is 20.1. The SMILES string of the molecule is CC(=O)N1CCc2c(c(N3CCCc4cc(-c5cnn(C)c5)ccc43)nn2C2CCOC2)C1. The highest BCUT2D eigenvalue weighted by Crippen LogP contribution is 2.40. The highest BCUT2D eigenvalue weighted by molar-refractivity contribution is 5.76. The van der Waals surface area contributed by atoms with Gasteiger partial charge in [0, 0.05) is 68.8 Å². The standard InChI is InChI=1S/C25H30N6O2/c1-17(32)29-10-7-24-22(15-29)25(27-31(24)21-8-11-33-16-21)30-9-3-4-19-12-18(5-6-23(19)30)20-13-26-28(2)14-20/h5-6,12-14,21H,3-4,7-11,15-16H2,1-2H3. The number of benzene rings is 1. The number of hydrogen-bond donors (Lipinski definition) is 0. The van der Waals surface area contributed by atoms with Gasteiger partial charge in [0.05, 0.1) is 25.4 Å². The van der Waals surface area contributed by atoms with E-state index in [-0.39, 0.29) is 11.9 Å². The van der Waals surface area contributed by atoms with Crippen LogP contribution < -0.4 is 4.90 Å². The predicted octanol–water partition coefficient (Wildman–Crippen LogP) is 3.23. The highest BCUT2D eigenvalue weighted by atomic mass is 16.5. The Morgan fingerprint density at radius 3 is 2.85 bits per heavy atom. The summed E-state index contributed by atoms with van der Waals surface area (Å²) in [4.78, 5) is 16.5. The summed E-state index contributed by atoms with van der Waals surface area (Å²) in [5.74, 6) is 1.14. The summed E-state index contributed by atoms with van der Waals surface area (Å²) in [7, 11) is 1.95. The Hall–Kier alpha value is -3.13. The van der Waals surface area contributed by atoms with Crippen molar-refractivity contribution < 1.29 is 9.53 Å². The van der Waals surface area contributed by atoms with Gasteiger partial charge in [0.2, 0.25) is 5.91 Å². The number of anilines is 2. The first-order valence-electron chi connectivity index (χ1n) is 11.9. The van der Waals surface area contributed by atoms with Crippen LogP contribution in [0.15, 0.2) is 30.6 Å². The van der Waals surface area contributed by atoms with Gasteiger partial charge < -0.3 is 14.5 Å². The Balaban J connectivity index is 1.42. The summed E-state index contributed by atoms with van der Waals surface area (Å²) in [6.45, 7) is 5.49. The van der Waals surface area contributed by atoms with Crippen molar-refractivity contribution in [1.82, 2.24) is 24.5 Å². The van der Waals surface area contributed by atoms with Gasteiger partial charge in [-0.25, -0.2) is 0 Å². The van der Waals surface area contributed by atoms with E-state index in [9.17, 15) is 4.79 Å². The summed E-state index contributed by atoms with van der Waals surface area (Å²) in [6, 6.07) is 7.00. The Bertz CT molecular complexity index is 1210. The fourth-order valence-corrected chi connectivity index (χ4v) is 5.50. The van der Waals surface area contributed by atoms with Gasteiger partial charge in [-0.2, -0.15) is 10.2 Å². The monoisotopic (exact) mass is 446 g/mol. The van der Waals surface area contributed by atoms with E-state index in [0.717, 1.165) is 63.4 Å². The third-order valence-corrected chi connectivity index (χ3v) is 7.25. The van der Waals surface area contributed by atoms with Crippen molar-refractivity contribution in [2.75, 3.05) is 31.2 Å². The largest absolute Gasteiger partial charge is 0.379 e.